The average Bonchev–Trinajstić information content (AvgIpc) is 2.61. The standard InChI is InChI=1S/C21H19Cl2NOS/c1-13(19-10-8-17(22)12-20(19)23)24-21(25)14(2)26-18-9-7-15-5-3-4-6-16(15)11-18/h3-14H,1-2H3,(H,24,25)/t13-,14+/m0/s1. The Bertz CT molecular complexity index is 944. The Kier molecular flexibility index (Phi) is 6.13. The summed E-state index contributed by atoms with van der Waals surface area (Å²) in [5.74, 6) is -0.0262. The lowest BCUT2D eigenvalue weighted by molar-refractivity contribution is -0.120. The van der Waals surface area contributed by atoms with Gasteiger partial charge in [-0.2, -0.15) is 0 Å². The molecule has 134 valence electrons. The summed E-state index contributed by atoms with van der Waals surface area (Å²) in [4.78, 5) is 13.6. The zero-order chi connectivity index (χ0) is 18.7. The van der Waals surface area contributed by atoms with Crippen LogP contribution in [0, 0.1) is 0 Å². The van der Waals surface area contributed by atoms with Crippen LogP contribution in [-0.2, 0) is 4.79 Å². The Morgan fingerprint density at radius 2 is 1.69 bits per heavy atom. The van der Waals surface area contributed by atoms with Crippen molar-refractivity contribution in [1.82, 2.24) is 5.32 Å². The number of fused-ring (bicyclic) bond motifs is 1. The van der Waals surface area contributed by atoms with E-state index in [4.69, 9.17) is 23.2 Å². The molecule has 5 heteroatoms. The lowest BCUT2D eigenvalue weighted by Crippen LogP contribution is -2.33. The van der Waals surface area contributed by atoms with Gasteiger partial charge < -0.3 is 5.32 Å². The van der Waals surface area contributed by atoms with Gasteiger partial charge in [0.1, 0.15) is 0 Å². The third-order valence-electron chi connectivity index (χ3n) is 4.19. The lowest BCUT2D eigenvalue weighted by atomic mass is 10.1. The second-order valence-electron chi connectivity index (χ2n) is 6.17. The fraction of sp³-hybridized carbons (Fsp3) is 0.190. The van der Waals surface area contributed by atoms with Gasteiger partial charge in [-0.3, -0.25) is 4.79 Å². The van der Waals surface area contributed by atoms with Crippen molar-refractivity contribution in [2.24, 2.45) is 0 Å². The zero-order valence-corrected chi connectivity index (χ0v) is 16.8. The molecule has 26 heavy (non-hydrogen) atoms. The van der Waals surface area contributed by atoms with Crippen molar-refractivity contribution < 1.29 is 4.79 Å². The smallest absolute Gasteiger partial charge is 0.233 e. The second kappa shape index (κ2) is 8.34. The highest BCUT2D eigenvalue weighted by Crippen LogP contribution is 2.29. The molecule has 3 rings (SSSR count). The largest absolute Gasteiger partial charge is 0.349 e. The van der Waals surface area contributed by atoms with Crippen molar-refractivity contribution in [3.05, 3.63) is 76.3 Å². The van der Waals surface area contributed by atoms with Gasteiger partial charge in [0.05, 0.1) is 11.3 Å². The first-order valence-corrected chi connectivity index (χ1v) is 9.98. The molecule has 0 aliphatic rings. The highest BCUT2D eigenvalue weighted by Gasteiger charge is 2.19. The summed E-state index contributed by atoms with van der Waals surface area (Å²) in [5.41, 5.74) is 0.854. The van der Waals surface area contributed by atoms with Gasteiger partial charge in [-0.05, 0) is 54.4 Å². The van der Waals surface area contributed by atoms with Gasteiger partial charge in [-0.1, -0.05) is 59.6 Å². The van der Waals surface area contributed by atoms with Crippen molar-refractivity contribution in [2.75, 3.05) is 0 Å². The Labute approximate surface area is 167 Å². The molecule has 2 atom stereocenters. The van der Waals surface area contributed by atoms with Crippen LogP contribution < -0.4 is 5.32 Å². The van der Waals surface area contributed by atoms with Crippen molar-refractivity contribution >= 4 is 51.6 Å². The maximum atomic E-state index is 12.6. The molecule has 0 bridgehead atoms. The number of rotatable bonds is 5. The van der Waals surface area contributed by atoms with Crippen LogP contribution in [0.15, 0.2) is 65.6 Å². The van der Waals surface area contributed by atoms with Crippen LogP contribution in [0.25, 0.3) is 10.8 Å². The SMILES string of the molecule is C[C@H](NC(=O)[C@@H](C)Sc1ccc2ccccc2c1)c1ccc(Cl)cc1Cl. The summed E-state index contributed by atoms with van der Waals surface area (Å²) < 4.78 is 0. The van der Waals surface area contributed by atoms with Crippen molar-refractivity contribution in [3.63, 3.8) is 0 Å². The number of carbonyl (C=O) groups excluding carboxylic acids is 1. The molecule has 0 saturated carbocycles. The minimum atomic E-state index is -0.218. The molecule has 0 aliphatic heterocycles. The molecule has 0 heterocycles. The average molecular weight is 404 g/mol. The van der Waals surface area contributed by atoms with Gasteiger partial charge in [0, 0.05) is 14.9 Å². The van der Waals surface area contributed by atoms with E-state index >= 15 is 0 Å². The molecule has 0 aliphatic carbocycles. The molecule has 0 spiro atoms. The highest BCUT2D eigenvalue weighted by atomic mass is 35.5. The molecular formula is C21H19Cl2NOS. The highest BCUT2D eigenvalue weighted by molar-refractivity contribution is 8.00. The third kappa shape index (κ3) is 4.53. The Balaban J connectivity index is 1.66. The molecule has 0 saturated heterocycles. The molecule has 1 N–H and O–H groups in total. The number of amides is 1. The topological polar surface area (TPSA) is 29.1 Å². The summed E-state index contributed by atoms with van der Waals surface area (Å²) in [6, 6.07) is 19.6. The van der Waals surface area contributed by atoms with E-state index in [0.29, 0.717) is 10.0 Å². The first kappa shape index (κ1) is 19.1. The molecule has 0 fully saturated rings. The quantitative estimate of drug-likeness (QED) is 0.492. The number of hydrogen-bond donors (Lipinski definition) is 1. The van der Waals surface area contributed by atoms with Gasteiger partial charge in [0.25, 0.3) is 0 Å². The van der Waals surface area contributed by atoms with Crippen LogP contribution in [0.5, 0.6) is 0 Å². The van der Waals surface area contributed by atoms with Gasteiger partial charge in [0.15, 0.2) is 0 Å². The Morgan fingerprint density at radius 1 is 0.962 bits per heavy atom. The molecule has 0 radical (unpaired) electrons. The van der Waals surface area contributed by atoms with Crippen LogP contribution in [-0.4, -0.2) is 11.2 Å². The molecule has 1 amide bonds. The number of carbonyl (C=O) groups is 1. The van der Waals surface area contributed by atoms with Crippen molar-refractivity contribution in [3.8, 4) is 0 Å². The van der Waals surface area contributed by atoms with Gasteiger partial charge in [0.2, 0.25) is 5.91 Å². The maximum absolute atomic E-state index is 12.6. The normalized spacial score (nSPS) is 13.4. The van der Waals surface area contributed by atoms with E-state index in [9.17, 15) is 4.79 Å². The minimum absolute atomic E-state index is 0.0262. The van der Waals surface area contributed by atoms with Crippen molar-refractivity contribution in [2.45, 2.75) is 30.0 Å². The van der Waals surface area contributed by atoms with Crippen LogP contribution in [0.2, 0.25) is 10.0 Å². The summed E-state index contributed by atoms with van der Waals surface area (Å²) >= 11 is 13.7. The first-order valence-electron chi connectivity index (χ1n) is 8.35. The molecule has 3 aromatic rings. The van der Waals surface area contributed by atoms with E-state index in [1.165, 1.54) is 10.8 Å². The van der Waals surface area contributed by atoms with E-state index in [1.54, 1.807) is 23.9 Å². The summed E-state index contributed by atoms with van der Waals surface area (Å²) in [6.45, 7) is 3.83. The zero-order valence-electron chi connectivity index (χ0n) is 14.5. The maximum Gasteiger partial charge on any atom is 0.233 e. The molecule has 0 aromatic heterocycles. The van der Waals surface area contributed by atoms with E-state index in [2.05, 4.69) is 35.6 Å². The van der Waals surface area contributed by atoms with Crippen molar-refractivity contribution in [1.29, 1.82) is 0 Å². The van der Waals surface area contributed by atoms with E-state index in [0.717, 1.165) is 10.5 Å². The Hall–Kier alpha value is -1.68. The fourth-order valence-electron chi connectivity index (χ4n) is 2.76. The molecule has 2 nitrogen and oxygen atoms in total. The Morgan fingerprint density at radius 3 is 2.42 bits per heavy atom. The van der Waals surface area contributed by atoms with Crippen LogP contribution in [0.4, 0.5) is 0 Å². The lowest BCUT2D eigenvalue weighted by Gasteiger charge is -2.19. The van der Waals surface area contributed by atoms with Crippen LogP contribution >= 0.6 is 35.0 Å². The number of benzene rings is 3. The minimum Gasteiger partial charge on any atom is -0.349 e. The van der Waals surface area contributed by atoms with E-state index in [-0.39, 0.29) is 17.2 Å². The van der Waals surface area contributed by atoms with E-state index in [1.807, 2.05) is 32.0 Å². The molecular weight excluding hydrogens is 385 g/mol. The number of thioether (sulfide) groups is 1. The number of halogens is 2. The fourth-order valence-corrected chi connectivity index (χ4v) is 4.26. The second-order valence-corrected chi connectivity index (χ2v) is 8.42. The van der Waals surface area contributed by atoms with Crippen LogP contribution in [0.3, 0.4) is 0 Å². The molecule has 0 unspecified atom stereocenters. The van der Waals surface area contributed by atoms with Crippen LogP contribution in [0.1, 0.15) is 25.5 Å². The van der Waals surface area contributed by atoms with Gasteiger partial charge in [-0.15, -0.1) is 11.8 Å². The number of hydrogen-bond acceptors (Lipinski definition) is 2. The summed E-state index contributed by atoms with van der Waals surface area (Å²) in [6.07, 6.45) is 0. The van der Waals surface area contributed by atoms with Gasteiger partial charge >= 0.3 is 0 Å². The van der Waals surface area contributed by atoms with Gasteiger partial charge in [-0.25, -0.2) is 0 Å². The summed E-state index contributed by atoms with van der Waals surface area (Å²) in [7, 11) is 0. The first-order chi connectivity index (χ1) is 12.4. The van der Waals surface area contributed by atoms with E-state index < -0.39 is 0 Å². The predicted molar refractivity (Wildman–Crippen MR) is 112 cm³/mol. The monoisotopic (exact) mass is 403 g/mol. The molecule has 3 aromatic carbocycles. The predicted octanol–water partition coefficient (Wildman–Crippen LogP) is 6.50. The summed E-state index contributed by atoms with van der Waals surface area (Å²) in [5, 5.41) is 6.31. The number of nitrogens with one attached hydrogen (secondary N) is 1. The third-order valence-corrected chi connectivity index (χ3v) is 5.85.